The lowest BCUT2D eigenvalue weighted by molar-refractivity contribution is 0.0200. The molecular formula is C18H36N4O2. The highest BCUT2D eigenvalue weighted by molar-refractivity contribution is 5.80. The van der Waals surface area contributed by atoms with Crippen molar-refractivity contribution in [1.82, 2.24) is 15.5 Å². The van der Waals surface area contributed by atoms with Gasteiger partial charge in [-0.1, -0.05) is 6.92 Å². The van der Waals surface area contributed by atoms with Gasteiger partial charge in [0.05, 0.1) is 25.9 Å². The first-order valence-electron chi connectivity index (χ1n) is 9.78. The number of hydrogen-bond donors (Lipinski definition) is 2. The normalized spacial score (nSPS) is 23.6. The van der Waals surface area contributed by atoms with E-state index >= 15 is 0 Å². The van der Waals surface area contributed by atoms with Gasteiger partial charge in [-0.2, -0.15) is 0 Å². The predicted octanol–water partition coefficient (Wildman–Crippen LogP) is 1.61. The van der Waals surface area contributed by atoms with E-state index in [0.29, 0.717) is 31.9 Å². The molecule has 0 aromatic carbocycles. The molecule has 0 radical (unpaired) electrons. The van der Waals surface area contributed by atoms with Crippen molar-refractivity contribution in [2.45, 2.75) is 58.1 Å². The van der Waals surface area contributed by atoms with Crippen LogP contribution in [-0.2, 0) is 9.47 Å². The molecule has 2 N–H and O–H groups in total. The third-order valence-electron chi connectivity index (χ3n) is 4.65. The van der Waals surface area contributed by atoms with Gasteiger partial charge in [0.2, 0.25) is 0 Å². The summed E-state index contributed by atoms with van der Waals surface area (Å²) in [5.41, 5.74) is 0. The Morgan fingerprint density at radius 2 is 2.08 bits per heavy atom. The summed E-state index contributed by atoms with van der Waals surface area (Å²) in [4.78, 5) is 7.20. The van der Waals surface area contributed by atoms with E-state index in [9.17, 15) is 0 Å². The fourth-order valence-electron chi connectivity index (χ4n) is 3.34. The van der Waals surface area contributed by atoms with Crippen molar-refractivity contribution in [3.8, 4) is 0 Å². The number of rotatable bonds is 9. The van der Waals surface area contributed by atoms with Gasteiger partial charge < -0.3 is 25.0 Å². The van der Waals surface area contributed by atoms with E-state index in [1.807, 2.05) is 0 Å². The summed E-state index contributed by atoms with van der Waals surface area (Å²) in [6, 6.07) is 0.531. The molecule has 2 heterocycles. The Hall–Kier alpha value is -0.850. The first-order chi connectivity index (χ1) is 11.8. The summed E-state index contributed by atoms with van der Waals surface area (Å²) >= 11 is 0. The van der Waals surface area contributed by atoms with Crippen LogP contribution in [-0.4, -0.2) is 75.5 Å². The number of ether oxygens (including phenoxy) is 2. The maximum absolute atomic E-state index is 5.68. The molecule has 2 aliphatic heterocycles. The molecule has 0 aromatic heterocycles. The van der Waals surface area contributed by atoms with E-state index in [4.69, 9.17) is 9.47 Å². The van der Waals surface area contributed by atoms with E-state index in [-0.39, 0.29) is 0 Å². The van der Waals surface area contributed by atoms with Crippen molar-refractivity contribution in [2.75, 3.05) is 52.5 Å². The SMILES string of the molecule is CCCN1CCC(NC(=NCCOCC2CCCO2)NCC)CC1. The van der Waals surface area contributed by atoms with Gasteiger partial charge in [-0.05, 0) is 45.6 Å². The number of aliphatic imine (C=N–C) groups is 1. The predicted molar refractivity (Wildman–Crippen MR) is 98.7 cm³/mol. The topological polar surface area (TPSA) is 58.1 Å². The van der Waals surface area contributed by atoms with E-state index in [0.717, 1.165) is 32.0 Å². The van der Waals surface area contributed by atoms with E-state index in [2.05, 4.69) is 34.4 Å². The Morgan fingerprint density at radius 1 is 1.25 bits per heavy atom. The number of nitrogens with one attached hydrogen (secondary N) is 2. The van der Waals surface area contributed by atoms with Crippen LogP contribution in [0.4, 0.5) is 0 Å². The largest absolute Gasteiger partial charge is 0.377 e. The first kappa shape index (κ1) is 19.5. The number of guanidine groups is 1. The van der Waals surface area contributed by atoms with Crippen molar-refractivity contribution in [1.29, 1.82) is 0 Å². The summed E-state index contributed by atoms with van der Waals surface area (Å²) in [5, 5.41) is 6.93. The number of piperidine rings is 1. The molecule has 140 valence electrons. The Labute approximate surface area is 147 Å². The summed E-state index contributed by atoms with van der Waals surface area (Å²) in [6.45, 7) is 11.8. The first-order valence-corrected chi connectivity index (χ1v) is 9.78. The lowest BCUT2D eigenvalue weighted by Crippen LogP contribution is -2.48. The van der Waals surface area contributed by atoms with Gasteiger partial charge in [-0.15, -0.1) is 0 Å². The third-order valence-corrected chi connectivity index (χ3v) is 4.65. The Kier molecular flexibility index (Phi) is 9.46. The van der Waals surface area contributed by atoms with Gasteiger partial charge in [0, 0.05) is 32.3 Å². The Balaban J connectivity index is 1.62. The number of likely N-dealkylation sites (tertiary alicyclic amines) is 1. The summed E-state index contributed by atoms with van der Waals surface area (Å²) in [5.74, 6) is 0.923. The highest BCUT2D eigenvalue weighted by atomic mass is 16.5. The van der Waals surface area contributed by atoms with Crippen molar-refractivity contribution in [2.24, 2.45) is 4.99 Å². The summed E-state index contributed by atoms with van der Waals surface area (Å²) in [6.07, 6.45) is 6.23. The number of hydrogen-bond acceptors (Lipinski definition) is 4. The van der Waals surface area contributed by atoms with Crippen molar-refractivity contribution in [3.63, 3.8) is 0 Å². The standard InChI is InChI=1S/C18H36N4O2/c1-3-10-22-11-7-16(8-12-22)21-18(19-4-2)20-9-14-23-15-17-6-5-13-24-17/h16-17H,3-15H2,1-2H3,(H2,19,20,21). The minimum atomic E-state index is 0.300. The summed E-state index contributed by atoms with van der Waals surface area (Å²) in [7, 11) is 0. The highest BCUT2D eigenvalue weighted by Gasteiger charge is 2.19. The molecule has 1 unspecified atom stereocenters. The molecule has 2 aliphatic rings. The zero-order valence-corrected chi connectivity index (χ0v) is 15.6. The summed E-state index contributed by atoms with van der Waals surface area (Å²) < 4.78 is 11.2. The molecule has 0 aromatic rings. The van der Waals surface area contributed by atoms with Crippen LogP contribution in [0.1, 0.15) is 46.0 Å². The second kappa shape index (κ2) is 11.7. The lowest BCUT2D eigenvalue weighted by Gasteiger charge is -2.32. The van der Waals surface area contributed by atoms with Crippen molar-refractivity contribution in [3.05, 3.63) is 0 Å². The molecule has 0 spiro atoms. The van der Waals surface area contributed by atoms with Crippen molar-refractivity contribution < 1.29 is 9.47 Å². The molecule has 0 saturated carbocycles. The minimum Gasteiger partial charge on any atom is -0.377 e. The van der Waals surface area contributed by atoms with Crippen LogP contribution in [0.2, 0.25) is 0 Å². The lowest BCUT2D eigenvalue weighted by atomic mass is 10.1. The van der Waals surface area contributed by atoms with Crippen LogP contribution in [0.5, 0.6) is 0 Å². The van der Waals surface area contributed by atoms with Crippen LogP contribution >= 0.6 is 0 Å². The van der Waals surface area contributed by atoms with Crippen LogP contribution in [0.15, 0.2) is 4.99 Å². The van der Waals surface area contributed by atoms with Gasteiger partial charge in [-0.25, -0.2) is 0 Å². The van der Waals surface area contributed by atoms with Crippen LogP contribution in [0.25, 0.3) is 0 Å². The molecule has 2 rings (SSSR count). The van der Waals surface area contributed by atoms with Gasteiger partial charge in [0.15, 0.2) is 5.96 Å². The maximum Gasteiger partial charge on any atom is 0.191 e. The fourth-order valence-corrected chi connectivity index (χ4v) is 3.34. The third kappa shape index (κ3) is 7.36. The van der Waals surface area contributed by atoms with E-state index in [1.54, 1.807) is 0 Å². The molecule has 6 nitrogen and oxygen atoms in total. The Bertz CT molecular complexity index is 351. The van der Waals surface area contributed by atoms with Gasteiger partial charge in [0.25, 0.3) is 0 Å². The van der Waals surface area contributed by atoms with Crippen LogP contribution < -0.4 is 10.6 Å². The van der Waals surface area contributed by atoms with Gasteiger partial charge in [-0.3, -0.25) is 4.99 Å². The fraction of sp³-hybridized carbons (Fsp3) is 0.944. The zero-order chi connectivity index (χ0) is 17.0. The van der Waals surface area contributed by atoms with Gasteiger partial charge >= 0.3 is 0 Å². The molecule has 0 amide bonds. The average molecular weight is 341 g/mol. The Morgan fingerprint density at radius 3 is 2.75 bits per heavy atom. The zero-order valence-electron chi connectivity index (χ0n) is 15.6. The second-order valence-corrected chi connectivity index (χ2v) is 6.73. The highest BCUT2D eigenvalue weighted by Crippen LogP contribution is 2.12. The van der Waals surface area contributed by atoms with Crippen LogP contribution in [0.3, 0.4) is 0 Å². The average Bonchev–Trinajstić information content (AvgIpc) is 3.10. The monoisotopic (exact) mass is 340 g/mol. The molecule has 2 saturated heterocycles. The minimum absolute atomic E-state index is 0.300. The smallest absolute Gasteiger partial charge is 0.191 e. The van der Waals surface area contributed by atoms with Gasteiger partial charge in [0.1, 0.15) is 0 Å². The second-order valence-electron chi connectivity index (χ2n) is 6.73. The molecule has 2 fully saturated rings. The van der Waals surface area contributed by atoms with Crippen LogP contribution in [0, 0.1) is 0 Å². The maximum atomic E-state index is 5.68. The molecule has 0 aliphatic carbocycles. The van der Waals surface area contributed by atoms with E-state index < -0.39 is 0 Å². The molecule has 1 atom stereocenters. The number of nitrogens with zero attached hydrogens (tertiary/aromatic N) is 2. The molecule has 24 heavy (non-hydrogen) atoms. The molecule has 6 heteroatoms. The quantitative estimate of drug-likeness (QED) is 0.379. The van der Waals surface area contributed by atoms with Crippen molar-refractivity contribution >= 4 is 5.96 Å². The van der Waals surface area contributed by atoms with E-state index in [1.165, 1.54) is 38.9 Å². The molecular weight excluding hydrogens is 304 g/mol. The molecule has 0 bridgehead atoms.